The van der Waals surface area contributed by atoms with Crippen LogP contribution >= 0.6 is 22.6 Å². The molecule has 98 valence electrons. The fourth-order valence-electron chi connectivity index (χ4n) is 1.71. The molecule has 0 spiro atoms. The van der Waals surface area contributed by atoms with Gasteiger partial charge < -0.3 is 9.84 Å². The highest BCUT2D eigenvalue weighted by Crippen LogP contribution is 2.21. The monoisotopic (exact) mass is 368 g/mol. The molecule has 19 heavy (non-hydrogen) atoms. The van der Waals surface area contributed by atoms with E-state index in [2.05, 4.69) is 22.6 Å². The third kappa shape index (κ3) is 3.47. The topological polar surface area (TPSA) is 46.5 Å². The maximum atomic E-state index is 10.9. The van der Waals surface area contributed by atoms with Gasteiger partial charge in [-0.1, -0.05) is 18.2 Å². The molecule has 2 rings (SSSR count). The van der Waals surface area contributed by atoms with Crippen molar-refractivity contribution >= 4 is 28.6 Å². The Morgan fingerprint density at radius 2 is 2.00 bits per heavy atom. The molecular formula is C15H13IO3. The van der Waals surface area contributed by atoms with E-state index in [-0.39, 0.29) is 0 Å². The molecule has 0 saturated heterocycles. The Morgan fingerprint density at radius 1 is 1.26 bits per heavy atom. The van der Waals surface area contributed by atoms with Crippen molar-refractivity contribution in [3.05, 3.63) is 62.7 Å². The van der Waals surface area contributed by atoms with Gasteiger partial charge in [0.25, 0.3) is 0 Å². The van der Waals surface area contributed by atoms with Gasteiger partial charge in [-0.3, -0.25) is 0 Å². The van der Waals surface area contributed by atoms with Gasteiger partial charge >= 0.3 is 5.97 Å². The molecule has 4 heteroatoms. The van der Waals surface area contributed by atoms with Crippen LogP contribution in [0.25, 0.3) is 0 Å². The fourth-order valence-corrected chi connectivity index (χ4v) is 2.25. The average molecular weight is 368 g/mol. The van der Waals surface area contributed by atoms with Crippen LogP contribution in [0.1, 0.15) is 21.5 Å². The molecule has 0 unspecified atom stereocenters. The second-order valence-corrected chi connectivity index (χ2v) is 5.33. The zero-order valence-electron chi connectivity index (χ0n) is 10.4. The molecule has 2 aromatic rings. The lowest BCUT2D eigenvalue weighted by Crippen LogP contribution is -2.02. The van der Waals surface area contributed by atoms with Crippen LogP contribution in [0, 0.1) is 10.5 Å². The van der Waals surface area contributed by atoms with E-state index in [1.54, 1.807) is 18.2 Å². The summed E-state index contributed by atoms with van der Waals surface area (Å²) in [6.07, 6.45) is 0. The van der Waals surface area contributed by atoms with Crippen molar-refractivity contribution in [3.8, 4) is 5.75 Å². The number of carboxylic acid groups (broad SMARTS) is 1. The molecule has 2 aromatic carbocycles. The van der Waals surface area contributed by atoms with Crippen LogP contribution in [0.5, 0.6) is 5.75 Å². The van der Waals surface area contributed by atoms with Gasteiger partial charge in [0.15, 0.2) is 0 Å². The third-order valence-corrected chi connectivity index (χ3v) is 3.70. The van der Waals surface area contributed by atoms with Crippen LogP contribution in [0.15, 0.2) is 42.5 Å². The Labute approximate surface area is 125 Å². The number of para-hydroxylation sites is 1. The van der Waals surface area contributed by atoms with E-state index in [1.807, 2.05) is 31.2 Å². The number of carbonyl (C=O) groups is 1. The molecule has 0 aliphatic heterocycles. The molecule has 0 aliphatic rings. The van der Waals surface area contributed by atoms with Gasteiger partial charge in [0.05, 0.1) is 9.13 Å². The number of hydrogen-bond donors (Lipinski definition) is 1. The minimum atomic E-state index is -0.909. The SMILES string of the molecule is Cc1cc(C(=O)O)ccc1COc1ccccc1I. The van der Waals surface area contributed by atoms with Crippen molar-refractivity contribution in [1.29, 1.82) is 0 Å². The lowest BCUT2D eigenvalue weighted by molar-refractivity contribution is 0.0696. The van der Waals surface area contributed by atoms with Crippen molar-refractivity contribution in [2.24, 2.45) is 0 Å². The van der Waals surface area contributed by atoms with Gasteiger partial charge in [-0.25, -0.2) is 4.79 Å². The lowest BCUT2D eigenvalue weighted by Gasteiger charge is -2.10. The number of ether oxygens (including phenoxy) is 1. The van der Waals surface area contributed by atoms with Gasteiger partial charge in [0.1, 0.15) is 12.4 Å². The first-order valence-corrected chi connectivity index (χ1v) is 6.86. The molecule has 0 amide bonds. The normalized spacial score (nSPS) is 10.2. The quantitative estimate of drug-likeness (QED) is 0.834. The van der Waals surface area contributed by atoms with Gasteiger partial charge in [0.2, 0.25) is 0 Å². The van der Waals surface area contributed by atoms with Crippen molar-refractivity contribution in [3.63, 3.8) is 0 Å². The van der Waals surface area contributed by atoms with Crippen LogP contribution in [0.4, 0.5) is 0 Å². The lowest BCUT2D eigenvalue weighted by atomic mass is 10.1. The van der Waals surface area contributed by atoms with E-state index in [0.29, 0.717) is 12.2 Å². The van der Waals surface area contributed by atoms with Crippen LogP contribution < -0.4 is 4.74 Å². The van der Waals surface area contributed by atoms with Gasteiger partial charge in [-0.05, 0) is 64.9 Å². The summed E-state index contributed by atoms with van der Waals surface area (Å²) in [5.74, 6) is -0.0713. The highest BCUT2D eigenvalue weighted by Gasteiger charge is 2.07. The molecule has 0 heterocycles. The molecule has 0 aliphatic carbocycles. The highest BCUT2D eigenvalue weighted by molar-refractivity contribution is 14.1. The van der Waals surface area contributed by atoms with Crippen LogP contribution in [-0.4, -0.2) is 11.1 Å². The summed E-state index contributed by atoms with van der Waals surface area (Å²) < 4.78 is 6.80. The maximum Gasteiger partial charge on any atom is 0.335 e. The molecule has 0 atom stereocenters. The number of aryl methyl sites for hydroxylation is 1. The minimum Gasteiger partial charge on any atom is -0.488 e. The van der Waals surface area contributed by atoms with Crippen molar-refractivity contribution in [2.75, 3.05) is 0 Å². The van der Waals surface area contributed by atoms with Crippen molar-refractivity contribution in [1.82, 2.24) is 0 Å². The maximum absolute atomic E-state index is 10.9. The molecule has 0 saturated carbocycles. The van der Waals surface area contributed by atoms with E-state index in [9.17, 15) is 4.79 Å². The number of carboxylic acids is 1. The summed E-state index contributed by atoms with van der Waals surface area (Å²) in [4.78, 5) is 10.9. The summed E-state index contributed by atoms with van der Waals surface area (Å²) in [5, 5.41) is 8.91. The first-order valence-electron chi connectivity index (χ1n) is 5.78. The molecule has 0 bridgehead atoms. The molecule has 0 radical (unpaired) electrons. The second-order valence-electron chi connectivity index (χ2n) is 4.17. The van der Waals surface area contributed by atoms with E-state index >= 15 is 0 Å². The Kier molecular flexibility index (Phi) is 4.42. The zero-order chi connectivity index (χ0) is 13.8. The van der Waals surface area contributed by atoms with Gasteiger partial charge in [0, 0.05) is 0 Å². The molecule has 3 nitrogen and oxygen atoms in total. The number of rotatable bonds is 4. The largest absolute Gasteiger partial charge is 0.488 e. The molecule has 0 fully saturated rings. The van der Waals surface area contributed by atoms with Gasteiger partial charge in [-0.2, -0.15) is 0 Å². The second kappa shape index (κ2) is 6.06. The predicted molar refractivity (Wildman–Crippen MR) is 81.6 cm³/mol. The molecule has 0 aromatic heterocycles. The fraction of sp³-hybridized carbons (Fsp3) is 0.133. The number of aromatic carboxylic acids is 1. The highest BCUT2D eigenvalue weighted by atomic mass is 127. The Morgan fingerprint density at radius 3 is 2.63 bits per heavy atom. The van der Waals surface area contributed by atoms with Crippen LogP contribution in [-0.2, 0) is 6.61 Å². The minimum absolute atomic E-state index is 0.301. The molecular weight excluding hydrogens is 355 g/mol. The first kappa shape index (κ1) is 13.9. The number of halogens is 1. The van der Waals surface area contributed by atoms with Crippen molar-refractivity contribution < 1.29 is 14.6 Å². The molecule has 1 N–H and O–H groups in total. The Bertz CT molecular complexity index is 608. The summed E-state index contributed by atoms with van der Waals surface area (Å²) in [5.41, 5.74) is 2.21. The third-order valence-electron chi connectivity index (χ3n) is 2.81. The summed E-state index contributed by atoms with van der Waals surface area (Å²) in [6.45, 7) is 2.33. The standard InChI is InChI=1S/C15H13IO3/c1-10-8-11(15(17)18)6-7-12(10)9-19-14-5-3-2-4-13(14)16/h2-8H,9H2,1H3,(H,17,18). The van der Waals surface area contributed by atoms with E-state index in [4.69, 9.17) is 9.84 Å². The Balaban J connectivity index is 2.12. The summed E-state index contributed by atoms with van der Waals surface area (Å²) in [6, 6.07) is 12.9. The Hall–Kier alpha value is -1.56. The number of hydrogen-bond acceptors (Lipinski definition) is 2. The first-order chi connectivity index (χ1) is 9.08. The predicted octanol–water partition coefficient (Wildman–Crippen LogP) is 3.88. The average Bonchev–Trinajstić information content (AvgIpc) is 2.39. The van der Waals surface area contributed by atoms with E-state index in [0.717, 1.165) is 20.4 Å². The summed E-state index contributed by atoms with van der Waals surface area (Å²) >= 11 is 2.22. The van der Waals surface area contributed by atoms with Crippen LogP contribution in [0.3, 0.4) is 0 Å². The summed E-state index contributed by atoms with van der Waals surface area (Å²) in [7, 11) is 0. The van der Waals surface area contributed by atoms with E-state index < -0.39 is 5.97 Å². The van der Waals surface area contributed by atoms with Crippen LogP contribution in [0.2, 0.25) is 0 Å². The van der Waals surface area contributed by atoms with E-state index in [1.165, 1.54) is 0 Å². The van der Waals surface area contributed by atoms with Gasteiger partial charge in [-0.15, -0.1) is 0 Å². The number of benzene rings is 2. The van der Waals surface area contributed by atoms with Crippen molar-refractivity contribution in [2.45, 2.75) is 13.5 Å². The zero-order valence-corrected chi connectivity index (χ0v) is 12.5. The smallest absolute Gasteiger partial charge is 0.335 e.